The molecule has 2 aliphatic heterocycles. The van der Waals surface area contributed by atoms with Crippen molar-refractivity contribution in [1.82, 2.24) is 25.6 Å². The average molecular weight is 371 g/mol. The maximum Gasteiger partial charge on any atom is 0.272 e. The van der Waals surface area contributed by atoms with Crippen molar-refractivity contribution in [2.75, 3.05) is 32.0 Å². The summed E-state index contributed by atoms with van der Waals surface area (Å²) in [5, 5.41) is 12.7. The SMILES string of the molecule is O=C(NCCS(=O)(=O)NCC1CCCCO1)c1n[nH]c2c1CNCC2. The second-order valence-corrected chi connectivity index (χ2v) is 8.29. The van der Waals surface area contributed by atoms with Crippen LogP contribution in [0.1, 0.15) is 41.0 Å². The first kappa shape index (κ1) is 18.3. The van der Waals surface area contributed by atoms with E-state index >= 15 is 0 Å². The van der Waals surface area contributed by atoms with Crippen molar-refractivity contribution in [1.29, 1.82) is 0 Å². The summed E-state index contributed by atoms with van der Waals surface area (Å²) in [5.41, 5.74) is 2.16. The summed E-state index contributed by atoms with van der Waals surface area (Å²) in [6, 6.07) is 0. The molecule has 25 heavy (non-hydrogen) atoms. The topological polar surface area (TPSA) is 125 Å². The number of aromatic amines is 1. The molecule has 9 nitrogen and oxygen atoms in total. The van der Waals surface area contributed by atoms with Gasteiger partial charge in [-0.05, 0) is 19.3 Å². The molecule has 0 spiro atoms. The van der Waals surface area contributed by atoms with Gasteiger partial charge in [0.05, 0.1) is 11.9 Å². The molecule has 0 radical (unpaired) electrons. The minimum atomic E-state index is -3.45. The van der Waals surface area contributed by atoms with Crippen molar-refractivity contribution in [3.8, 4) is 0 Å². The Labute approximate surface area is 147 Å². The standard InChI is InChI=1S/C15H25N5O4S/c21-15(14-12-10-16-5-4-13(12)19-20-14)17-6-8-25(22,23)18-9-11-3-1-2-7-24-11/h11,16,18H,1-10H2,(H,17,21)(H,19,20). The summed E-state index contributed by atoms with van der Waals surface area (Å²) >= 11 is 0. The highest BCUT2D eigenvalue weighted by Gasteiger charge is 2.22. The molecular formula is C15H25N5O4S. The fourth-order valence-corrected chi connectivity index (χ4v) is 4.01. The first-order chi connectivity index (χ1) is 12.1. The minimum absolute atomic E-state index is 0.0365. The monoisotopic (exact) mass is 371 g/mol. The van der Waals surface area contributed by atoms with Crippen LogP contribution in [-0.4, -0.2) is 62.6 Å². The third kappa shape index (κ3) is 5.00. The van der Waals surface area contributed by atoms with Crippen molar-refractivity contribution in [2.24, 2.45) is 0 Å². The van der Waals surface area contributed by atoms with Gasteiger partial charge in [0, 0.05) is 50.5 Å². The Morgan fingerprint density at radius 1 is 1.36 bits per heavy atom. The number of hydrogen-bond donors (Lipinski definition) is 4. The van der Waals surface area contributed by atoms with E-state index < -0.39 is 10.0 Å². The number of aromatic nitrogens is 2. The Hall–Kier alpha value is -1.49. The van der Waals surface area contributed by atoms with Crippen LogP contribution in [-0.2, 0) is 27.7 Å². The van der Waals surface area contributed by atoms with Gasteiger partial charge in [-0.25, -0.2) is 13.1 Å². The Kier molecular flexibility index (Phi) is 6.05. The molecule has 0 bridgehead atoms. The van der Waals surface area contributed by atoms with Gasteiger partial charge in [-0.2, -0.15) is 5.10 Å². The van der Waals surface area contributed by atoms with Crippen LogP contribution in [0.2, 0.25) is 0 Å². The number of carbonyl (C=O) groups is 1. The van der Waals surface area contributed by atoms with Crippen molar-refractivity contribution in [3.63, 3.8) is 0 Å². The van der Waals surface area contributed by atoms with Crippen LogP contribution in [0.3, 0.4) is 0 Å². The Balaban J connectivity index is 1.43. The fraction of sp³-hybridized carbons (Fsp3) is 0.733. The van der Waals surface area contributed by atoms with Crippen molar-refractivity contribution in [3.05, 3.63) is 17.0 Å². The van der Waals surface area contributed by atoms with E-state index in [1.807, 2.05) is 0 Å². The van der Waals surface area contributed by atoms with Gasteiger partial charge in [0.15, 0.2) is 5.69 Å². The quantitative estimate of drug-likeness (QED) is 0.501. The normalized spacial score (nSPS) is 20.9. The van der Waals surface area contributed by atoms with Gasteiger partial charge in [0.25, 0.3) is 5.91 Å². The Morgan fingerprint density at radius 3 is 3.04 bits per heavy atom. The summed E-state index contributed by atoms with van der Waals surface area (Å²) in [6.07, 6.45) is 3.71. The van der Waals surface area contributed by atoms with Crippen molar-refractivity contribution >= 4 is 15.9 Å². The van der Waals surface area contributed by atoms with Gasteiger partial charge in [-0.3, -0.25) is 9.89 Å². The molecule has 1 fully saturated rings. The zero-order chi connectivity index (χ0) is 17.7. The van der Waals surface area contributed by atoms with Gasteiger partial charge < -0.3 is 15.4 Å². The van der Waals surface area contributed by atoms with Crippen LogP contribution < -0.4 is 15.4 Å². The number of sulfonamides is 1. The first-order valence-electron chi connectivity index (χ1n) is 8.69. The number of hydrogen-bond acceptors (Lipinski definition) is 6. The molecule has 1 unspecified atom stereocenters. The molecule has 10 heteroatoms. The number of nitrogens with zero attached hydrogens (tertiary/aromatic N) is 1. The third-order valence-electron chi connectivity index (χ3n) is 4.48. The molecule has 0 saturated carbocycles. The maximum absolute atomic E-state index is 12.2. The molecule has 2 aliphatic rings. The molecule has 3 heterocycles. The lowest BCUT2D eigenvalue weighted by Gasteiger charge is -2.22. The lowest BCUT2D eigenvalue weighted by Crippen LogP contribution is -2.39. The second-order valence-electron chi connectivity index (χ2n) is 6.37. The van der Waals surface area contributed by atoms with Gasteiger partial charge in [0.1, 0.15) is 0 Å². The molecule has 3 rings (SSSR count). The van der Waals surface area contributed by atoms with E-state index in [2.05, 4.69) is 25.6 Å². The van der Waals surface area contributed by atoms with E-state index in [9.17, 15) is 13.2 Å². The summed E-state index contributed by atoms with van der Waals surface area (Å²) in [7, 11) is -3.45. The van der Waals surface area contributed by atoms with E-state index in [1.54, 1.807) is 0 Å². The highest BCUT2D eigenvalue weighted by Crippen LogP contribution is 2.15. The highest BCUT2D eigenvalue weighted by atomic mass is 32.2. The van der Waals surface area contributed by atoms with Crippen LogP contribution >= 0.6 is 0 Å². The van der Waals surface area contributed by atoms with Crippen LogP contribution in [0.4, 0.5) is 0 Å². The molecule has 1 amide bonds. The van der Waals surface area contributed by atoms with Crippen molar-refractivity contribution in [2.45, 2.75) is 38.3 Å². The van der Waals surface area contributed by atoms with Crippen LogP contribution in [0.25, 0.3) is 0 Å². The van der Waals surface area contributed by atoms with Crippen LogP contribution in [0.15, 0.2) is 0 Å². The Morgan fingerprint density at radius 2 is 2.24 bits per heavy atom. The molecule has 0 aromatic carbocycles. The van der Waals surface area contributed by atoms with E-state index in [0.29, 0.717) is 18.8 Å². The summed E-state index contributed by atoms with van der Waals surface area (Å²) in [4.78, 5) is 12.2. The molecule has 1 aromatic heterocycles. The van der Waals surface area contributed by atoms with Gasteiger partial charge in [0.2, 0.25) is 10.0 Å². The van der Waals surface area contributed by atoms with Crippen molar-refractivity contribution < 1.29 is 17.9 Å². The number of rotatable bonds is 7. The lowest BCUT2D eigenvalue weighted by molar-refractivity contribution is 0.0200. The van der Waals surface area contributed by atoms with Gasteiger partial charge in [-0.1, -0.05) is 0 Å². The molecule has 0 aliphatic carbocycles. The maximum atomic E-state index is 12.2. The number of amides is 1. The molecular weight excluding hydrogens is 346 g/mol. The predicted octanol–water partition coefficient (Wildman–Crippen LogP) is -0.726. The smallest absolute Gasteiger partial charge is 0.272 e. The first-order valence-corrected chi connectivity index (χ1v) is 10.3. The summed E-state index contributed by atoms with van der Waals surface area (Å²) in [6.45, 7) is 2.45. The van der Waals surface area contributed by atoms with Gasteiger partial charge in [-0.15, -0.1) is 0 Å². The molecule has 4 N–H and O–H groups in total. The minimum Gasteiger partial charge on any atom is -0.377 e. The molecule has 1 aromatic rings. The third-order valence-corrected chi connectivity index (χ3v) is 5.83. The van der Waals surface area contributed by atoms with E-state index in [-0.39, 0.29) is 30.9 Å². The van der Waals surface area contributed by atoms with E-state index in [1.165, 1.54) is 0 Å². The summed E-state index contributed by atoms with van der Waals surface area (Å²) in [5.74, 6) is -0.525. The zero-order valence-corrected chi connectivity index (χ0v) is 15.0. The lowest BCUT2D eigenvalue weighted by atomic mass is 10.1. The van der Waals surface area contributed by atoms with E-state index in [0.717, 1.165) is 43.5 Å². The van der Waals surface area contributed by atoms with Crippen LogP contribution in [0, 0.1) is 0 Å². The van der Waals surface area contributed by atoms with Gasteiger partial charge >= 0.3 is 0 Å². The van der Waals surface area contributed by atoms with E-state index in [4.69, 9.17) is 4.74 Å². The number of fused-ring (bicyclic) bond motifs is 1. The fourth-order valence-electron chi connectivity index (χ4n) is 3.06. The largest absolute Gasteiger partial charge is 0.377 e. The zero-order valence-electron chi connectivity index (χ0n) is 14.1. The Bertz CT molecular complexity index is 697. The molecule has 140 valence electrons. The number of carbonyl (C=O) groups excluding carboxylic acids is 1. The predicted molar refractivity (Wildman–Crippen MR) is 91.7 cm³/mol. The number of ether oxygens (including phenoxy) is 1. The summed E-state index contributed by atoms with van der Waals surface area (Å²) < 4.78 is 32.1. The van der Waals surface area contributed by atoms with Crippen LogP contribution in [0.5, 0.6) is 0 Å². The highest BCUT2D eigenvalue weighted by molar-refractivity contribution is 7.89. The molecule has 1 saturated heterocycles. The average Bonchev–Trinajstić information content (AvgIpc) is 3.05. The second kappa shape index (κ2) is 8.26. The number of nitrogens with one attached hydrogen (secondary N) is 4. The molecule has 1 atom stereocenters. The number of H-pyrrole nitrogens is 1.